The minimum absolute atomic E-state index is 0.256. The fourth-order valence-corrected chi connectivity index (χ4v) is 2.53. The lowest BCUT2D eigenvalue weighted by molar-refractivity contribution is -0.133. The molecule has 0 unspecified atom stereocenters. The molecule has 0 N–H and O–H groups in total. The summed E-state index contributed by atoms with van der Waals surface area (Å²) in [5.41, 5.74) is 1.83. The van der Waals surface area contributed by atoms with Gasteiger partial charge in [0.2, 0.25) is 0 Å². The van der Waals surface area contributed by atoms with Crippen molar-refractivity contribution in [3.05, 3.63) is 59.9 Å². The van der Waals surface area contributed by atoms with E-state index in [4.69, 9.17) is 23.7 Å². The molecule has 2 aromatic rings. The summed E-state index contributed by atoms with van der Waals surface area (Å²) >= 11 is 0. The highest BCUT2D eigenvalue weighted by Gasteiger charge is 2.17. The Labute approximate surface area is 159 Å². The van der Waals surface area contributed by atoms with Crippen LogP contribution in [0.5, 0.6) is 17.2 Å². The molecule has 6 heteroatoms. The fourth-order valence-electron chi connectivity index (χ4n) is 2.53. The zero-order valence-electron chi connectivity index (χ0n) is 16.0. The molecule has 0 saturated carbocycles. The minimum atomic E-state index is -0.479. The molecule has 2 rings (SSSR count). The first-order valence-corrected chi connectivity index (χ1v) is 8.47. The van der Waals surface area contributed by atoms with Crippen LogP contribution in [-0.4, -0.2) is 33.9 Å². The van der Waals surface area contributed by atoms with Gasteiger partial charge in [-0.2, -0.15) is 0 Å². The summed E-state index contributed by atoms with van der Waals surface area (Å²) < 4.78 is 26.6. The molecule has 0 amide bonds. The molecule has 144 valence electrons. The standard InChI is InChI=1S/C21H24O6/c1-5-26-20-12-16(10-11-19(20)24-3)27-13-15-8-6-7-9-17(15)18(14-23-2)21(22)25-4/h6-12,14H,5,13H2,1-4H3. The molecule has 0 saturated heterocycles. The third kappa shape index (κ3) is 5.17. The van der Waals surface area contributed by atoms with Crippen molar-refractivity contribution in [1.29, 1.82) is 0 Å². The van der Waals surface area contributed by atoms with Crippen LogP contribution in [0.4, 0.5) is 0 Å². The Kier molecular flexibility index (Phi) is 7.55. The van der Waals surface area contributed by atoms with E-state index in [1.807, 2.05) is 31.2 Å². The molecular formula is C21H24O6. The molecular weight excluding hydrogens is 348 g/mol. The van der Waals surface area contributed by atoms with E-state index in [1.165, 1.54) is 20.5 Å². The normalized spacial score (nSPS) is 10.9. The number of carbonyl (C=O) groups is 1. The zero-order chi connectivity index (χ0) is 19.6. The maximum Gasteiger partial charge on any atom is 0.341 e. The van der Waals surface area contributed by atoms with Gasteiger partial charge in [0.1, 0.15) is 17.9 Å². The van der Waals surface area contributed by atoms with Crippen molar-refractivity contribution in [1.82, 2.24) is 0 Å². The summed E-state index contributed by atoms with van der Waals surface area (Å²) in [5.74, 6) is 1.40. The number of ether oxygens (including phenoxy) is 5. The zero-order valence-corrected chi connectivity index (χ0v) is 16.0. The number of methoxy groups -OCH3 is 3. The lowest BCUT2D eigenvalue weighted by Crippen LogP contribution is -2.08. The molecule has 0 heterocycles. The van der Waals surface area contributed by atoms with Gasteiger partial charge in [0.25, 0.3) is 0 Å². The predicted octanol–water partition coefficient (Wildman–Crippen LogP) is 3.83. The van der Waals surface area contributed by atoms with Crippen molar-refractivity contribution in [3.8, 4) is 17.2 Å². The summed E-state index contributed by atoms with van der Waals surface area (Å²) in [6.45, 7) is 2.68. The van der Waals surface area contributed by atoms with Crippen LogP contribution in [-0.2, 0) is 20.9 Å². The van der Waals surface area contributed by atoms with Gasteiger partial charge >= 0.3 is 5.97 Å². The van der Waals surface area contributed by atoms with Gasteiger partial charge in [-0.1, -0.05) is 24.3 Å². The molecule has 6 nitrogen and oxygen atoms in total. The Balaban J connectivity index is 2.25. The summed E-state index contributed by atoms with van der Waals surface area (Å²) in [4.78, 5) is 12.1. The van der Waals surface area contributed by atoms with Crippen LogP contribution < -0.4 is 14.2 Å². The lowest BCUT2D eigenvalue weighted by atomic mass is 10.0. The number of hydrogen-bond donors (Lipinski definition) is 0. The maximum atomic E-state index is 12.1. The Hall–Kier alpha value is -3.15. The van der Waals surface area contributed by atoms with E-state index < -0.39 is 5.97 Å². The monoisotopic (exact) mass is 372 g/mol. The largest absolute Gasteiger partial charge is 0.503 e. The molecule has 0 radical (unpaired) electrons. The molecule has 0 aliphatic rings. The Morgan fingerprint density at radius 1 is 1.00 bits per heavy atom. The molecule has 0 aliphatic heterocycles. The Bertz CT molecular complexity index is 797. The van der Waals surface area contributed by atoms with Crippen molar-refractivity contribution in [2.45, 2.75) is 13.5 Å². The fraction of sp³-hybridized carbons (Fsp3) is 0.286. The second-order valence-electron chi connectivity index (χ2n) is 5.45. The molecule has 0 bridgehead atoms. The van der Waals surface area contributed by atoms with E-state index in [1.54, 1.807) is 25.3 Å². The van der Waals surface area contributed by atoms with Gasteiger partial charge < -0.3 is 23.7 Å². The first-order chi connectivity index (χ1) is 13.1. The Morgan fingerprint density at radius 3 is 2.44 bits per heavy atom. The number of rotatable bonds is 9. The van der Waals surface area contributed by atoms with Gasteiger partial charge in [-0.15, -0.1) is 0 Å². The number of hydrogen-bond acceptors (Lipinski definition) is 6. The topological polar surface area (TPSA) is 63.2 Å². The summed E-state index contributed by atoms with van der Waals surface area (Å²) in [7, 11) is 4.40. The highest BCUT2D eigenvalue weighted by atomic mass is 16.5. The van der Waals surface area contributed by atoms with E-state index in [0.717, 1.165) is 5.56 Å². The summed E-state index contributed by atoms with van der Waals surface area (Å²) in [6, 6.07) is 12.8. The van der Waals surface area contributed by atoms with Gasteiger partial charge in [0.05, 0.1) is 34.2 Å². The van der Waals surface area contributed by atoms with Crippen molar-refractivity contribution < 1.29 is 28.5 Å². The quantitative estimate of drug-likeness (QED) is 0.379. The van der Waals surface area contributed by atoms with E-state index in [2.05, 4.69) is 0 Å². The SMILES string of the molecule is CCOc1cc(OCc2ccccc2C(=COC)C(=O)OC)ccc1OC. The van der Waals surface area contributed by atoms with Gasteiger partial charge in [0.15, 0.2) is 11.5 Å². The molecule has 0 aromatic heterocycles. The molecule has 0 fully saturated rings. The summed E-state index contributed by atoms with van der Waals surface area (Å²) in [5, 5.41) is 0. The number of esters is 1. The lowest BCUT2D eigenvalue weighted by Gasteiger charge is -2.14. The molecule has 2 aromatic carbocycles. The van der Waals surface area contributed by atoms with Crippen LogP contribution in [0, 0.1) is 0 Å². The van der Waals surface area contributed by atoms with Gasteiger partial charge in [-0.05, 0) is 30.2 Å². The van der Waals surface area contributed by atoms with E-state index in [0.29, 0.717) is 35.0 Å². The molecule has 0 aliphatic carbocycles. The first-order valence-electron chi connectivity index (χ1n) is 8.47. The van der Waals surface area contributed by atoms with Crippen LogP contribution in [0.2, 0.25) is 0 Å². The van der Waals surface area contributed by atoms with Gasteiger partial charge in [-0.25, -0.2) is 4.79 Å². The molecule has 0 spiro atoms. The average Bonchev–Trinajstić information content (AvgIpc) is 2.70. The third-order valence-corrected chi connectivity index (χ3v) is 3.78. The van der Waals surface area contributed by atoms with E-state index >= 15 is 0 Å². The second-order valence-corrected chi connectivity index (χ2v) is 5.45. The Morgan fingerprint density at radius 2 is 1.78 bits per heavy atom. The van der Waals surface area contributed by atoms with Crippen molar-refractivity contribution in [2.75, 3.05) is 27.9 Å². The number of benzene rings is 2. The maximum absolute atomic E-state index is 12.1. The van der Waals surface area contributed by atoms with Crippen molar-refractivity contribution in [3.63, 3.8) is 0 Å². The highest BCUT2D eigenvalue weighted by Crippen LogP contribution is 2.32. The highest BCUT2D eigenvalue weighted by molar-refractivity contribution is 6.16. The minimum Gasteiger partial charge on any atom is -0.503 e. The summed E-state index contributed by atoms with van der Waals surface area (Å²) in [6.07, 6.45) is 1.37. The predicted molar refractivity (Wildman–Crippen MR) is 102 cm³/mol. The van der Waals surface area contributed by atoms with Crippen molar-refractivity contribution >= 4 is 11.5 Å². The first kappa shape index (κ1) is 20.2. The van der Waals surface area contributed by atoms with Crippen LogP contribution in [0.1, 0.15) is 18.1 Å². The number of carbonyl (C=O) groups excluding carboxylic acids is 1. The van der Waals surface area contributed by atoms with Crippen LogP contribution in [0.25, 0.3) is 5.57 Å². The van der Waals surface area contributed by atoms with E-state index in [-0.39, 0.29) is 6.61 Å². The third-order valence-electron chi connectivity index (χ3n) is 3.78. The molecule has 27 heavy (non-hydrogen) atoms. The average molecular weight is 372 g/mol. The van der Waals surface area contributed by atoms with Gasteiger partial charge in [0, 0.05) is 6.07 Å². The molecule has 0 atom stereocenters. The van der Waals surface area contributed by atoms with Crippen LogP contribution >= 0.6 is 0 Å². The van der Waals surface area contributed by atoms with E-state index in [9.17, 15) is 4.79 Å². The smallest absolute Gasteiger partial charge is 0.341 e. The van der Waals surface area contributed by atoms with Crippen molar-refractivity contribution in [2.24, 2.45) is 0 Å². The van der Waals surface area contributed by atoms with Crippen LogP contribution in [0.15, 0.2) is 48.7 Å². The van der Waals surface area contributed by atoms with Crippen LogP contribution in [0.3, 0.4) is 0 Å². The van der Waals surface area contributed by atoms with Gasteiger partial charge in [-0.3, -0.25) is 0 Å². The second kappa shape index (κ2) is 10.1.